The molecule has 0 N–H and O–H groups in total. The van der Waals surface area contributed by atoms with Gasteiger partial charge in [0.25, 0.3) is 0 Å². The van der Waals surface area contributed by atoms with Crippen LogP contribution >= 0.6 is 22.2 Å². The molecule has 0 heterocycles. The standard InChI is InChI=1S/C14H30Cl2O2Si/c1-3-5-7-9-11-13-17-19(15,16)18-14-12-10-8-6-4-2/h3-14H2,1-2H3. The van der Waals surface area contributed by atoms with Crippen molar-refractivity contribution in [3.63, 3.8) is 0 Å². The van der Waals surface area contributed by atoms with Crippen LogP contribution in [0.4, 0.5) is 0 Å². The molecule has 0 rings (SSSR count). The maximum atomic E-state index is 6.08. The first kappa shape index (κ1) is 19.7. The van der Waals surface area contributed by atoms with Gasteiger partial charge < -0.3 is 8.85 Å². The van der Waals surface area contributed by atoms with Gasteiger partial charge in [-0.15, -0.1) is 0 Å². The van der Waals surface area contributed by atoms with Crippen molar-refractivity contribution in [1.29, 1.82) is 0 Å². The molecule has 0 aliphatic heterocycles. The summed E-state index contributed by atoms with van der Waals surface area (Å²) in [7, 11) is -2.90. The summed E-state index contributed by atoms with van der Waals surface area (Å²) in [5.74, 6) is 0. The third-order valence-electron chi connectivity index (χ3n) is 3.04. The molecule has 0 fully saturated rings. The minimum atomic E-state index is -2.90. The Hall–Kier alpha value is 0.717. The van der Waals surface area contributed by atoms with Crippen molar-refractivity contribution in [1.82, 2.24) is 0 Å². The van der Waals surface area contributed by atoms with Gasteiger partial charge in [0.1, 0.15) is 0 Å². The third kappa shape index (κ3) is 14.9. The molecule has 19 heavy (non-hydrogen) atoms. The highest BCUT2D eigenvalue weighted by Gasteiger charge is 2.33. The Morgan fingerprint density at radius 3 is 1.37 bits per heavy atom. The molecular formula is C14H30Cl2O2Si. The molecule has 116 valence electrons. The quantitative estimate of drug-likeness (QED) is 0.225. The van der Waals surface area contributed by atoms with Crippen molar-refractivity contribution in [3.8, 4) is 0 Å². The van der Waals surface area contributed by atoms with Gasteiger partial charge in [-0.2, -0.15) is 0 Å². The van der Waals surface area contributed by atoms with Crippen LogP contribution in [-0.2, 0) is 8.85 Å². The Morgan fingerprint density at radius 1 is 0.632 bits per heavy atom. The van der Waals surface area contributed by atoms with Crippen LogP contribution in [0.1, 0.15) is 78.1 Å². The second kappa shape index (κ2) is 13.7. The van der Waals surface area contributed by atoms with Crippen LogP contribution in [0.25, 0.3) is 0 Å². The number of hydrogen-bond donors (Lipinski definition) is 0. The van der Waals surface area contributed by atoms with Crippen LogP contribution in [0.2, 0.25) is 0 Å². The summed E-state index contributed by atoms with van der Waals surface area (Å²) in [5, 5.41) is 0. The molecule has 0 aliphatic rings. The fourth-order valence-electron chi connectivity index (χ4n) is 1.83. The summed E-state index contributed by atoms with van der Waals surface area (Å²) in [6.07, 6.45) is 12.0. The molecule has 0 radical (unpaired) electrons. The Kier molecular flexibility index (Phi) is 14.2. The fourth-order valence-corrected chi connectivity index (χ4v) is 3.61. The zero-order valence-corrected chi connectivity index (χ0v) is 15.1. The third-order valence-corrected chi connectivity index (χ3v) is 5.43. The van der Waals surface area contributed by atoms with Crippen molar-refractivity contribution >= 4 is 29.3 Å². The molecule has 5 heteroatoms. The van der Waals surface area contributed by atoms with E-state index in [2.05, 4.69) is 13.8 Å². The Morgan fingerprint density at radius 2 is 1.00 bits per heavy atom. The Bertz CT molecular complexity index is 174. The van der Waals surface area contributed by atoms with E-state index in [-0.39, 0.29) is 0 Å². The number of hydrogen-bond acceptors (Lipinski definition) is 2. The molecule has 0 aromatic carbocycles. The van der Waals surface area contributed by atoms with Crippen molar-refractivity contribution in [2.75, 3.05) is 13.2 Å². The van der Waals surface area contributed by atoms with Crippen molar-refractivity contribution in [2.24, 2.45) is 0 Å². The van der Waals surface area contributed by atoms with Gasteiger partial charge in [0.05, 0.1) is 0 Å². The van der Waals surface area contributed by atoms with Gasteiger partial charge in [-0.05, 0) is 12.8 Å². The molecule has 0 amide bonds. The second-order valence-electron chi connectivity index (χ2n) is 4.99. The average molecular weight is 329 g/mol. The first-order valence-corrected chi connectivity index (χ1v) is 11.6. The van der Waals surface area contributed by atoms with Gasteiger partial charge in [-0.1, -0.05) is 87.4 Å². The van der Waals surface area contributed by atoms with E-state index >= 15 is 0 Å². The summed E-state index contributed by atoms with van der Waals surface area (Å²) in [6, 6.07) is 0. The minimum absolute atomic E-state index is 0.624. The summed E-state index contributed by atoms with van der Waals surface area (Å²) in [4.78, 5) is 0. The Balaban J connectivity index is 3.36. The molecule has 0 aromatic rings. The summed E-state index contributed by atoms with van der Waals surface area (Å²) < 4.78 is 11.0. The highest BCUT2D eigenvalue weighted by atomic mass is 35.7. The van der Waals surface area contributed by atoms with Crippen molar-refractivity contribution in [2.45, 2.75) is 78.1 Å². The molecule has 0 spiro atoms. The van der Waals surface area contributed by atoms with Crippen LogP contribution in [-0.4, -0.2) is 20.4 Å². The number of unbranched alkanes of at least 4 members (excludes halogenated alkanes) is 8. The van der Waals surface area contributed by atoms with E-state index in [4.69, 9.17) is 31.0 Å². The van der Waals surface area contributed by atoms with E-state index in [0.717, 1.165) is 12.8 Å². The molecular weight excluding hydrogens is 299 g/mol. The average Bonchev–Trinajstić information content (AvgIpc) is 2.38. The van der Waals surface area contributed by atoms with Crippen LogP contribution in [0.3, 0.4) is 0 Å². The predicted octanol–water partition coefficient (Wildman–Crippen LogP) is 5.87. The van der Waals surface area contributed by atoms with Crippen LogP contribution in [0, 0.1) is 0 Å². The molecule has 0 atom stereocenters. The molecule has 0 saturated heterocycles. The van der Waals surface area contributed by atoms with Gasteiger partial charge in [0.15, 0.2) is 0 Å². The lowest BCUT2D eigenvalue weighted by Gasteiger charge is -2.17. The van der Waals surface area contributed by atoms with Crippen LogP contribution in [0.5, 0.6) is 0 Å². The normalized spacial score (nSPS) is 12.0. The van der Waals surface area contributed by atoms with Crippen LogP contribution in [0.15, 0.2) is 0 Å². The van der Waals surface area contributed by atoms with Gasteiger partial charge in [-0.3, -0.25) is 0 Å². The molecule has 2 nitrogen and oxygen atoms in total. The molecule has 0 aliphatic carbocycles. The highest BCUT2D eigenvalue weighted by Crippen LogP contribution is 2.19. The number of halogens is 2. The highest BCUT2D eigenvalue weighted by molar-refractivity contribution is 7.39. The summed E-state index contributed by atoms with van der Waals surface area (Å²) >= 11 is 12.2. The van der Waals surface area contributed by atoms with Gasteiger partial charge in [0.2, 0.25) is 0 Å². The zero-order valence-electron chi connectivity index (χ0n) is 12.6. The molecule has 0 bridgehead atoms. The van der Waals surface area contributed by atoms with E-state index in [0.29, 0.717) is 13.2 Å². The van der Waals surface area contributed by atoms with Crippen LogP contribution < -0.4 is 0 Å². The summed E-state index contributed by atoms with van der Waals surface area (Å²) in [5.41, 5.74) is 0. The first-order chi connectivity index (χ1) is 9.12. The van der Waals surface area contributed by atoms with Gasteiger partial charge in [0, 0.05) is 13.2 Å². The van der Waals surface area contributed by atoms with E-state index in [1.54, 1.807) is 0 Å². The molecule has 0 saturated carbocycles. The van der Waals surface area contributed by atoms with Gasteiger partial charge in [-0.25, -0.2) is 0 Å². The topological polar surface area (TPSA) is 18.5 Å². The molecule has 0 aromatic heterocycles. The fraction of sp³-hybridized carbons (Fsp3) is 1.00. The van der Waals surface area contributed by atoms with E-state index < -0.39 is 7.18 Å². The smallest absolute Gasteiger partial charge is 0.372 e. The maximum Gasteiger partial charge on any atom is 0.551 e. The monoisotopic (exact) mass is 328 g/mol. The maximum absolute atomic E-state index is 6.08. The van der Waals surface area contributed by atoms with Crippen molar-refractivity contribution < 1.29 is 8.85 Å². The lowest BCUT2D eigenvalue weighted by molar-refractivity contribution is 0.197. The minimum Gasteiger partial charge on any atom is -0.372 e. The van der Waals surface area contributed by atoms with E-state index in [1.165, 1.54) is 51.4 Å². The Labute approximate surface area is 129 Å². The molecule has 0 unspecified atom stereocenters. The zero-order chi connectivity index (χ0) is 14.4. The van der Waals surface area contributed by atoms with Crippen molar-refractivity contribution in [3.05, 3.63) is 0 Å². The van der Waals surface area contributed by atoms with E-state index in [9.17, 15) is 0 Å². The lowest BCUT2D eigenvalue weighted by atomic mass is 10.2. The summed E-state index contributed by atoms with van der Waals surface area (Å²) in [6.45, 7) is 5.66. The van der Waals surface area contributed by atoms with Gasteiger partial charge >= 0.3 is 7.18 Å². The largest absolute Gasteiger partial charge is 0.551 e. The second-order valence-corrected chi connectivity index (χ2v) is 10.1. The predicted molar refractivity (Wildman–Crippen MR) is 86.9 cm³/mol. The lowest BCUT2D eigenvalue weighted by Crippen LogP contribution is -2.30. The van der Waals surface area contributed by atoms with E-state index in [1.807, 2.05) is 0 Å². The number of rotatable bonds is 14. The first-order valence-electron chi connectivity index (χ1n) is 7.78. The SMILES string of the molecule is CCCCCCCO[Si](Cl)(Cl)OCCCCCCC.